The van der Waals surface area contributed by atoms with Gasteiger partial charge in [0.25, 0.3) is 0 Å². The third kappa shape index (κ3) is 3.57. The smallest absolute Gasteiger partial charge is 0.323 e. The van der Waals surface area contributed by atoms with Crippen LogP contribution in [0.2, 0.25) is 0 Å². The highest BCUT2D eigenvalue weighted by molar-refractivity contribution is 5.98. The van der Waals surface area contributed by atoms with E-state index >= 15 is 0 Å². The minimum atomic E-state index is -0.998. The Labute approximate surface area is 118 Å². The van der Waals surface area contributed by atoms with Crippen molar-refractivity contribution >= 4 is 17.6 Å². The lowest BCUT2D eigenvalue weighted by atomic mass is 9.97. The molecule has 1 fully saturated rings. The van der Waals surface area contributed by atoms with Crippen LogP contribution in [0.25, 0.3) is 0 Å². The van der Waals surface area contributed by atoms with Crippen LogP contribution in [0.15, 0.2) is 24.3 Å². The van der Waals surface area contributed by atoms with E-state index in [4.69, 9.17) is 5.11 Å². The van der Waals surface area contributed by atoms with Crippen LogP contribution in [-0.2, 0) is 9.59 Å². The van der Waals surface area contributed by atoms with Crippen molar-refractivity contribution < 1.29 is 14.7 Å². The number of anilines is 1. The molecule has 0 aliphatic carbocycles. The molecule has 0 saturated carbocycles. The summed E-state index contributed by atoms with van der Waals surface area (Å²) in [7, 11) is 0. The van der Waals surface area contributed by atoms with Gasteiger partial charge in [-0.05, 0) is 38.4 Å². The molecule has 1 atom stereocenters. The number of nitrogens with one attached hydrogen (secondary N) is 1. The predicted octanol–water partition coefficient (Wildman–Crippen LogP) is 1.41. The van der Waals surface area contributed by atoms with Gasteiger partial charge in [0.1, 0.15) is 6.54 Å². The molecule has 0 aromatic heterocycles. The molecule has 0 unspecified atom stereocenters. The first-order valence-corrected chi connectivity index (χ1v) is 6.88. The minimum Gasteiger partial charge on any atom is -0.480 e. The second-order valence-corrected chi connectivity index (χ2v) is 5.20. The minimum absolute atomic E-state index is 0.108. The van der Waals surface area contributed by atoms with Gasteiger partial charge >= 0.3 is 5.97 Å². The van der Waals surface area contributed by atoms with Crippen LogP contribution < -0.4 is 10.2 Å². The summed E-state index contributed by atoms with van der Waals surface area (Å²) in [6.07, 6.45) is 1.76. The number of piperidine rings is 1. The number of aliphatic carboxylic acids is 1. The zero-order valence-corrected chi connectivity index (χ0v) is 11.6. The van der Waals surface area contributed by atoms with Crippen molar-refractivity contribution in [3.05, 3.63) is 29.8 Å². The van der Waals surface area contributed by atoms with E-state index in [1.807, 2.05) is 19.1 Å². The van der Waals surface area contributed by atoms with Crippen molar-refractivity contribution in [3.63, 3.8) is 0 Å². The largest absolute Gasteiger partial charge is 0.480 e. The van der Waals surface area contributed by atoms with E-state index in [1.165, 1.54) is 4.90 Å². The molecule has 1 aliphatic rings. The third-order valence-electron chi connectivity index (χ3n) is 3.55. The van der Waals surface area contributed by atoms with Gasteiger partial charge in [0.05, 0.1) is 5.92 Å². The first-order valence-electron chi connectivity index (χ1n) is 6.88. The Morgan fingerprint density at radius 3 is 2.60 bits per heavy atom. The monoisotopic (exact) mass is 276 g/mol. The summed E-state index contributed by atoms with van der Waals surface area (Å²) in [6, 6.07) is 7.37. The fourth-order valence-corrected chi connectivity index (χ4v) is 2.44. The highest BCUT2D eigenvalue weighted by Crippen LogP contribution is 2.20. The lowest BCUT2D eigenvalue weighted by Gasteiger charge is -2.28. The molecule has 20 heavy (non-hydrogen) atoms. The molecular weight excluding hydrogens is 256 g/mol. The summed E-state index contributed by atoms with van der Waals surface area (Å²) < 4.78 is 0. The van der Waals surface area contributed by atoms with E-state index in [9.17, 15) is 9.59 Å². The summed E-state index contributed by atoms with van der Waals surface area (Å²) in [5.74, 6) is -1.24. The van der Waals surface area contributed by atoms with Crippen LogP contribution in [0, 0.1) is 12.8 Å². The van der Waals surface area contributed by atoms with Gasteiger partial charge in [-0.1, -0.05) is 17.7 Å². The van der Waals surface area contributed by atoms with Gasteiger partial charge in [-0.3, -0.25) is 9.59 Å². The molecule has 1 amide bonds. The number of nitrogens with zero attached hydrogens (tertiary/aromatic N) is 1. The summed E-state index contributed by atoms with van der Waals surface area (Å²) in [6.45, 7) is 3.21. The van der Waals surface area contributed by atoms with E-state index in [0.29, 0.717) is 12.2 Å². The number of hydrogen-bond donors (Lipinski definition) is 2. The molecule has 1 aromatic carbocycles. The first-order chi connectivity index (χ1) is 9.58. The normalized spacial score (nSPS) is 18.6. The summed E-state index contributed by atoms with van der Waals surface area (Å²) in [5, 5.41) is 12.2. The maximum absolute atomic E-state index is 12.5. The van der Waals surface area contributed by atoms with Crippen molar-refractivity contribution in [2.24, 2.45) is 5.92 Å². The number of carboxylic acid groups (broad SMARTS) is 1. The highest BCUT2D eigenvalue weighted by atomic mass is 16.4. The summed E-state index contributed by atoms with van der Waals surface area (Å²) >= 11 is 0. The van der Waals surface area contributed by atoms with Crippen LogP contribution >= 0.6 is 0 Å². The van der Waals surface area contributed by atoms with Crippen molar-refractivity contribution in [1.82, 2.24) is 5.32 Å². The number of benzene rings is 1. The molecule has 0 radical (unpaired) electrons. The van der Waals surface area contributed by atoms with Crippen molar-refractivity contribution in [2.45, 2.75) is 19.8 Å². The van der Waals surface area contributed by atoms with Gasteiger partial charge in [0.2, 0.25) is 5.91 Å². The lowest BCUT2D eigenvalue weighted by Crippen LogP contribution is -2.45. The van der Waals surface area contributed by atoms with Crippen molar-refractivity contribution in [2.75, 3.05) is 24.5 Å². The number of amides is 1. The molecule has 0 spiro atoms. The quantitative estimate of drug-likeness (QED) is 0.872. The molecule has 1 aromatic rings. The Balaban J connectivity index is 2.19. The maximum atomic E-state index is 12.5. The SMILES string of the molecule is Cc1ccc(N(CC(=O)O)C(=O)[C@H]2CCCNC2)cc1. The Hall–Kier alpha value is -1.88. The fourth-order valence-electron chi connectivity index (χ4n) is 2.44. The topological polar surface area (TPSA) is 69.6 Å². The average molecular weight is 276 g/mol. The van der Waals surface area contributed by atoms with Crippen LogP contribution in [0.1, 0.15) is 18.4 Å². The van der Waals surface area contributed by atoms with E-state index in [0.717, 1.165) is 24.9 Å². The summed E-state index contributed by atoms with van der Waals surface area (Å²) in [5.41, 5.74) is 1.73. The zero-order chi connectivity index (χ0) is 14.5. The van der Waals surface area contributed by atoms with Gasteiger partial charge in [0, 0.05) is 12.2 Å². The molecule has 5 nitrogen and oxygen atoms in total. The van der Waals surface area contributed by atoms with Crippen LogP contribution in [-0.4, -0.2) is 36.6 Å². The summed E-state index contributed by atoms with van der Waals surface area (Å²) in [4.78, 5) is 24.9. The standard InChI is InChI=1S/C15H20N2O3/c1-11-4-6-13(7-5-11)17(10-14(18)19)15(20)12-3-2-8-16-9-12/h4-7,12,16H,2-3,8-10H2,1H3,(H,18,19)/t12-/m0/s1. The highest BCUT2D eigenvalue weighted by Gasteiger charge is 2.28. The second kappa shape index (κ2) is 6.52. The van der Waals surface area contributed by atoms with Gasteiger partial charge < -0.3 is 15.3 Å². The molecule has 2 rings (SSSR count). The average Bonchev–Trinajstić information content (AvgIpc) is 2.46. The number of carboxylic acids is 1. The number of carbonyl (C=O) groups excluding carboxylic acids is 1. The first kappa shape index (κ1) is 14.5. The maximum Gasteiger partial charge on any atom is 0.323 e. The fraction of sp³-hybridized carbons (Fsp3) is 0.467. The second-order valence-electron chi connectivity index (χ2n) is 5.20. The molecule has 5 heteroatoms. The molecule has 0 bridgehead atoms. The number of carbonyl (C=O) groups is 2. The van der Waals surface area contributed by atoms with Gasteiger partial charge in [0.15, 0.2) is 0 Å². The van der Waals surface area contributed by atoms with E-state index < -0.39 is 5.97 Å². The molecule has 108 valence electrons. The molecular formula is C15H20N2O3. The lowest BCUT2D eigenvalue weighted by molar-refractivity contribution is -0.137. The molecule has 1 heterocycles. The van der Waals surface area contributed by atoms with Crippen molar-refractivity contribution in [3.8, 4) is 0 Å². The van der Waals surface area contributed by atoms with E-state index in [1.54, 1.807) is 12.1 Å². The third-order valence-corrected chi connectivity index (χ3v) is 3.55. The molecule has 2 N–H and O–H groups in total. The molecule has 1 saturated heterocycles. The van der Waals surface area contributed by atoms with E-state index in [2.05, 4.69) is 5.32 Å². The Bertz CT molecular complexity index is 478. The Kier molecular flexibility index (Phi) is 4.74. The predicted molar refractivity (Wildman–Crippen MR) is 76.8 cm³/mol. The number of rotatable bonds is 4. The van der Waals surface area contributed by atoms with Crippen LogP contribution in [0.3, 0.4) is 0 Å². The van der Waals surface area contributed by atoms with Crippen molar-refractivity contribution in [1.29, 1.82) is 0 Å². The number of hydrogen-bond acceptors (Lipinski definition) is 3. The zero-order valence-electron chi connectivity index (χ0n) is 11.6. The van der Waals surface area contributed by atoms with Gasteiger partial charge in [-0.15, -0.1) is 0 Å². The van der Waals surface area contributed by atoms with Gasteiger partial charge in [-0.2, -0.15) is 0 Å². The van der Waals surface area contributed by atoms with E-state index in [-0.39, 0.29) is 18.4 Å². The Morgan fingerprint density at radius 2 is 2.05 bits per heavy atom. The Morgan fingerprint density at radius 1 is 1.35 bits per heavy atom. The van der Waals surface area contributed by atoms with Crippen LogP contribution in [0.5, 0.6) is 0 Å². The number of aryl methyl sites for hydroxylation is 1. The van der Waals surface area contributed by atoms with Crippen LogP contribution in [0.4, 0.5) is 5.69 Å². The molecule has 1 aliphatic heterocycles. The van der Waals surface area contributed by atoms with Gasteiger partial charge in [-0.25, -0.2) is 0 Å².